The van der Waals surface area contributed by atoms with Gasteiger partial charge < -0.3 is 14.8 Å². The van der Waals surface area contributed by atoms with Crippen LogP contribution < -0.4 is 5.32 Å². The summed E-state index contributed by atoms with van der Waals surface area (Å²) in [5.74, 6) is 0.825. The van der Waals surface area contributed by atoms with Gasteiger partial charge in [0.1, 0.15) is 5.76 Å². The van der Waals surface area contributed by atoms with Crippen molar-refractivity contribution in [1.29, 1.82) is 0 Å². The molecule has 14 heavy (non-hydrogen) atoms. The van der Waals surface area contributed by atoms with Crippen LogP contribution in [0.1, 0.15) is 25.5 Å². The van der Waals surface area contributed by atoms with Crippen molar-refractivity contribution in [2.24, 2.45) is 0 Å². The molecule has 0 bridgehead atoms. The van der Waals surface area contributed by atoms with Gasteiger partial charge in [-0.2, -0.15) is 0 Å². The monoisotopic (exact) mass is 217 g/mol. The van der Waals surface area contributed by atoms with Gasteiger partial charge in [-0.05, 0) is 36.6 Å². The van der Waals surface area contributed by atoms with Gasteiger partial charge in [-0.25, -0.2) is 0 Å². The molecule has 0 amide bonds. The van der Waals surface area contributed by atoms with Crippen molar-refractivity contribution in [1.82, 2.24) is 5.32 Å². The van der Waals surface area contributed by atoms with Crippen molar-refractivity contribution in [3.05, 3.63) is 23.1 Å². The van der Waals surface area contributed by atoms with Gasteiger partial charge in [0.2, 0.25) is 0 Å². The largest absolute Gasteiger partial charge is 0.448 e. The third kappa shape index (κ3) is 3.70. The minimum atomic E-state index is 0.213. The van der Waals surface area contributed by atoms with Crippen molar-refractivity contribution in [2.75, 3.05) is 6.61 Å². The van der Waals surface area contributed by atoms with E-state index in [2.05, 4.69) is 12.2 Å². The maximum Gasteiger partial charge on any atom is 0.193 e. The number of nitrogens with one attached hydrogen (secondary N) is 1. The number of rotatable bonds is 6. The highest BCUT2D eigenvalue weighted by molar-refractivity contribution is 6.28. The topological polar surface area (TPSA) is 45.4 Å². The third-order valence-electron chi connectivity index (χ3n) is 2.16. The summed E-state index contributed by atoms with van der Waals surface area (Å²) in [5.41, 5.74) is 0. The van der Waals surface area contributed by atoms with Crippen molar-refractivity contribution in [3.8, 4) is 0 Å². The van der Waals surface area contributed by atoms with Crippen LogP contribution in [0.25, 0.3) is 0 Å². The fourth-order valence-corrected chi connectivity index (χ4v) is 1.46. The van der Waals surface area contributed by atoms with E-state index < -0.39 is 0 Å². The molecule has 0 fully saturated rings. The fraction of sp³-hybridized carbons (Fsp3) is 0.600. The second-order valence-corrected chi connectivity index (χ2v) is 3.58. The van der Waals surface area contributed by atoms with Gasteiger partial charge in [0.05, 0.1) is 6.54 Å². The second-order valence-electron chi connectivity index (χ2n) is 3.20. The van der Waals surface area contributed by atoms with Crippen LogP contribution in [0.2, 0.25) is 5.22 Å². The Labute approximate surface area is 89.1 Å². The molecule has 0 saturated carbocycles. The predicted octanol–water partition coefficient (Wildman–Crippen LogP) is 2.18. The molecule has 4 heteroatoms. The zero-order valence-electron chi connectivity index (χ0n) is 8.29. The first-order valence-electron chi connectivity index (χ1n) is 4.84. The quantitative estimate of drug-likeness (QED) is 0.768. The lowest BCUT2D eigenvalue weighted by molar-refractivity contribution is 0.260. The first-order chi connectivity index (χ1) is 6.76. The lowest BCUT2D eigenvalue weighted by Crippen LogP contribution is -2.28. The third-order valence-corrected chi connectivity index (χ3v) is 2.37. The Bertz CT molecular complexity index is 262. The molecule has 1 heterocycles. The normalized spacial score (nSPS) is 13.1. The van der Waals surface area contributed by atoms with E-state index in [1.165, 1.54) is 0 Å². The molecule has 3 nitrogen and oxygen atoms in total. The van der Waals surface area contributed by atoms with Crippen molar-refractivity contribution < 1.29 is 9.52 Å². The Kier molecular flexibility index (Phi) is 5.01. The van der Waals surface area contributed by atoms with Crippen LogP contribution in [0.4, 0.5) is 0 Å². The SMILES string of the molecule is CCC(CCO)NCc1ccc(Cl)o1. The Morgan fingerprint density at radius 2 is 2.36 bits per heavy atom. The average molecular weight is 218 g/mol. The van der Waals surface area contributed by atoms with Crippen molar-refractivity contribution in [2.45, 2.75) is 32.4 Å². The van der Waals surface area contributed by atoms with E-state index in [0.717, 1.165) is 18.6 Å². The summed E-state index contributed by atoms with van der Waals surface area (Å²) < 4.78 is 5.20. The average Bonchev–Trinajstić information content (AvgIpc) is 2.59. The molecule has 0 spiro atoms. The minimum Gasteiger partial charge on any atom is -0.448 e. The number of furan rings is 1. The Morgan fingerprint density at radius 3 is 2.86 bits per heavy atom. The summed E-state index contributed by atoms with van der Waals surface area (Å²) in [7, 11) is 0. The molecule has 1 rings (SSSR count). The second kappa shape index (κ2) is 6.06. The smallest absolute Gasteiger partial charge is 0.193 e. The molecule has 1 aromatic heterocycles. The summed E-state index contributed by atoms with van der Waals surface area (Å²) in [6, 6.07) is 3.91. The Balaban J connectivity index is 2.31. The highest BCUT2D eigenvalue weighted by Gasteiger charge is 2.06. The van der Waals surface area contributed by atoms with Crippen LogP contribution in [0, 0.1) is 0 Å². The lowest BCUT2D eigenvalue weighted by atomic mass is 10.1. The molecule has 0 radical (unpaired) electrons. The number of aliphatic hydroxyl groups excluding tert-OH is 1. The fourth-order valence-electron chi connectivity index (χ4n) is 1.30. The van der Waals surface area contributed by atoms with Crippen molar-refractivity contribution >= 4 is 11.6 Å². The summed E-state index contributed by atoms with van der Waals surface area (Å²) >= 11 is 5.64. The number of aliphatic hydroxyl groups is 1. The van der Waals surface area contributed by atoms with Crippen molar-refractivity contribution in [3.63, 3.8) is 0 Å². The maximum absolute atomic E-state index is 8.78. The predicted molar refractivity (Wildman–Crippen MR) is 56.3 cm³/mol. The van der Waals surface area contributed by atoms with Gasteiger partial charge in [0.15, 0.2) is 5.22 Å². The molecule has 0 aliphatic heterocycles. The molecular formula is C10H16ClNO2. The van der Waals surface area contributed by atoms with Crippen LogP contribution in [-0.2, 0) is 6.54 Å². The van der Waals surface area contributed by atoms with Gasteiger partial charge in [-0.3, -0.25) is 0 Å². The van der Waals surface area contributed by atoms with E-state index in [1.54, 1.807) is 6.07 Å². The van der Waals surface area contributed by atoms with Gasteiger partial charge in [-0.1, -0.05) is 6.92 Å². The highest BCUT2D eigenvalue weighted by Crippen LogP contribution is 2.13. The summed E-state index contributed by atoms with van der Waals surface area (Å²) in [6.07, 6.45) is 1.76. The number of halogens is 1. The molecular weight excluding hydrogens is 202 g/mol. The highest BCUT2D eigenvalue weighted by atomic mass is 35.5. The number of hydrogen-bond acceptors (Lipinski definition) is 3. The van der Waals surface area contributed by atoms with Crippen LogP contribution in [0.3, 0.4) is 0 Å². The molecule has 0 aliphatic rings. The first-order valence-corrected chi connectivity index (χ1v) is 5.22. The van der Waals surface area contributed by atoms with E-state index in [-0.39, 0.29) is 6.61 Å². The molecule has 0 aromatic carbocycles. The van der Waals surface area contributed by atoms with Gasteiger partial charge in [0, 0.05) is 12.6 Å². The van der Waals surface area contributed by atoms with Crippen LogP contribution in [0.5, 0.6) is 0 Å². The van der Waals surface area contributed by atoms with E-state index in [1.807, 2.05) is 6.07 Å². The van der Waals surface area contributed by atoms with E-state index in [9.17, 15) is 0 Å². The molecule has 1 aromatic rings. The summed E-state index contributed by atoms with van der Waals surface area (Å²) in [5, 5.41) is 12.5. The first kappa shape index (κ1) is 11.6. The number of hydrogen-bond donors (Lipinski definition) is 2. The van der Waals surface area contributed by atoms with Crippen LogP contribution in [0.15, 0.2) is 16.5 Å². The molecule has 80 valence electrons. The summed E-state index contributed by atoms with van der Waals surface area (Å²) in [6.45, 7) is 2.96. The molecule has 1 unspecified atom stereocenters. The lowest BCUT2D eigenvalue weighted by Gasteiger charge is -2.14. The van der Waals surface area contributed by atoms with Crippen LogP contribution >= 0.6 is 11.6 Å². The molecule has 0 aliphatic carbocycles. The minimum absolute atomic E-state index is 0.213. The zero-order chi connectivity index (χ0) is 10.4. The summed E-state index contributed by atoms with van der Waals surface area (Å²) in [4.78, 5) is 0. The van der Waals surface area contributed by atoms with Gasteiger partial charge in [0.25, 0.3) is 0 Å². The maximum atomic E-state index is 8.78. The zero-order valence-corrected chi connectivity index (χ0v) is 9.05. The van der Waals surface area contributed by atoms with E-state index in [4.69, 9.17) is 21.1 Å². The van der Waals surface area contributed by atoms with E-state index in [0.29, 0.717) is 17.8 Å². The molecule has 2 N–H and O–H groups in total. The standard InChI is InChI=1S/C10H16ClNO2/c1-2-8(5-6-13)12-7-9-3-4-10(11)14-9/h3-4,8,12-13H,2,5-7H2,1H3. The Morgan fingerprint density at radius 1 is 1.57 bits per heavy atom. The molecule has 0 saturated heterocycles. The van der Waals surface area contributed by atoms with Gasteiger partial charge in [-0.15, -0.1) is 0 Å². The van der Waals surface area contributed by atoms with Gasteiger partial charge >= 0.3 is 0 Å². The molecule has 1 atom stereocenters. The Hall–Kier alpha value is -0.510. The van der Waals surface area contributed by atoms with E-state index >= 15 is 0 Å². The van der Waals surface area contributed by atoms with Crippen LogP contribution in [-0.4, -0.2) is 17.8 Å².